The number of fused-ring (bicyclic) bond motifs is 5. The maximum absolute atomic E-state index is 13.4. The van der Waals surface area contributed by atoms with Gasteiger partial charge in [0.05, 0.1) is 11.7 Å². The molecule has 2 aliphatic heterocycles. The maximum atomic E-state index is 13.4. The fourth-order valence-corrected chi connectivity index (χ4v) is 6.11. The third kappa shape index (κ3) is 3.29. The van der Waals surface area contributed by atoms with E-state index in [0.29, 0.717) is 6.61 Å². The Morgan fingerprint density at radius 3 is 2.39 bits per heavy atom. The predicted molar refractivity (Wildman–Crippen MR) is 127 cm³/mol. The minimum absolute atomic E-state index is 0.0665. The van der Waals surface area contributed by atoms with E-state index in [1.54, 1.807) is 0 Å². The second-order valence-electron chi connectivity index (χ2n) is 9.46. The van der Waals surface area contributed by atoms with Gasteiger partial charge in [-0.1, -0.05) is 59.8 Å². The quantitative estimate of drug-likeness (QED) is 0.483. The van der Waals surface area contributed by atoms with Crippen molar-refractivity contribution in [2.45, 2.75) is 57.5 Å². The van der Waals surface area contributed by atoms with Gasteiger partial charge < -0.3 is 9.26 Å². The van der Waals surface area contributed by atoms with Crippen molar-refractivity contribution in [3.63, 3.8) is 0 Å². The molecule has 2 aromatic carbocycles. The number of aromatic nitrogens is 1. The average Bonchev–Trinajstić information content (AvgIpc) is 3.33. The zero-order valence-corrected chi connectivity index (χ0v) is 19.1. The number of ether oxygens (including phenoxy) is 1. The molecule has 2 bridgehead atoms. The first-order valence-corrected chi connectivity index (χ1v) is 11.9. The van der Waals surface area contributed by atoms with E-state index in [-0.39, 0.29) is 24.1 Å². The number of hydrogen-bond donors (Lipinski definition) is 0. The van der Waals surface area contributed by atoms with Crippen molar-refractivity contribution < 1.29 is 14.1 Å². The minimum Gasteiger partial charge on any atom is -0.448 e. The lowest BCUT2D eigenvalue weighted by Crippen LogP contribution is -2.52. The fraction of sp³-hybridized carbons (Fsp3) is 0.357. The van der Waals surface area contributed by atoms with Gasteiger partial charge in [-0.25, -0.2) is 4.79 Å². The van der Waals surface area contributed by atoms with Crippen molar-refractivity contribution in [1.29, 1.82) is 0 Å². The second kappa shape index (κ2) is 7.91. The molecule has 2 atom stereocenters. The van der Waals surface area contributed by atoms with E-state index < -0.39 is 0 Å². The Morgan fingerprint density at radius 1 is 1.06 bits per heavy atom. The summed E-state index contributed by atoms with van der Waals surface area (Å²) >= 11 is 0. The number of carbonyl (C=O) groups is 1. The third-order valence-electron chi connectivity index (χ3n) is 7.54. The summed E-state index contributed by atoms with van der Waals surface area (Å²) in [6.07, 6.45) is 5.97. The van der Waals surface area contributed by atoms with Crippen LogP contribution in [0.5, 0.6) is 0 Å². The normalized spacial score (nSPS) is 21.4. The maximum Gasteiger partial charge on any atom is 0.410 e. The first-order valence-electron chi connectivity index (χ1n) is 11.9. The van der Waals surface area contributed by atoms with Crippen LogP contribution in [0.15, 0.2) is 59.1 Å². The number of nitrogens with zero attached hydrogens (tertiary/aromatic N) is 2. The van der Waals surface area contributed by atoms with Gasteiger partial charge in [0.1, 0.15) is 12.4 Å². The van der Waals surface area contributed by atoms with Gasteiger partial charge in [-0.05, 0) is 67.4 Å². The van der Waals surface area contributed by atoms with Crippen molar-refractivity contribution in [2.24, 2.45) is 0 Å². The van der Waals surface area contributed by atoms with Crippen molar-refractivity contribution >= 4 is 11.7 Å². The van der Waals surface area contributed by atoms with Crippen molar-refractivity contribution in [3.05, 3.63) is 82.8 Å². The number of hydrogen-bond acceptors (Lipinski definition) is 4. The molecule has 0 N–H and O–H groups in total. The standard InChI is InChI=1S/C28H28N2O3/c1-17-27(18(2)33-29-17)19-14-20-8-7-9-21(15-19)30(20)28(31)32-16-26-24-12-5-3-10-22(24)23-11-4-6-13-25(23)26/h3-6,10-14,20-21,26H,7-9,15-16H2,1-2H3. The summed E-state index contributed by atoms with van der Waals surface area (Å²) in [6, 6.07) is 17.1. The van der Waals surface area contributed by atoms with Gasteiger partial charge in [0.15, 0.2) is 0 Å². The number of amides is 1. The van der Waals surface area contributed by atoms with Gasteiger partial charge in [0.25, 0.3) is 0 Å². The van der Waals surface area contributed by atoms with Gasteiger partial charge in [-0.15, -0.1) is 0 Å². The van der Waals surface area contributed by atoms with Gasteiger partial charge in [0, 0.05) is 17.5 Å². The summed E-state index contributed by atoms with van der Waals surface area (Å²) in [7, 11) is 0. The molecule has 0 saturated carbocycles. The van der Waals surface area contributed by atoms with Crippen LogP contribution in [0.2, 0.25) is 0 Å². The molecule has 5 heteroatoms. The highest BCUT2D eigenvalue weighted by atomic mass is 16.6. The molecule has 2 unspecified atom stereocenters. The highest BCUT2D eigenvalue weighted by Gasteiger charge is 2.40. The van der Waals surface area contributed by atoms with Crippen LogP contribution in [-0.4, -0.2) is 34.8 Å². The lowest BCUT2D eigenvalue weighted by atomic mass is 9.82. The van der Waals surface area contributed by atoms with Crippen LogP contribution in [-0.2, 0) is 4.74 Å². The number of carbonyl (C=O) groups excluding carboxylic acids is 1. The Labute approximate surface area is 194 Å². The van der Waals surface area contributed by atoms with E-state index in [2.05, 4.69) is 59.8 Å². The molecule has 0 radical (unpaired) electrons. The van der Waals surface area contributed by atoms with E-state index in [9.17, 15) is 4.79 Å². The Bertz CT molecular complexity index is 1190. The molecule has 1 amide bonds. The summed E-state index contributed by atoms with van der Waals surface area (Å²) in [4.78, 5) is 15.3. The molecule has 3 aliphatic rings. The molecule has 168 valence electrons. The summed E-state index contributed by atoms with van der Waals surface area (Å²) in [5.74, 6) is 0.936. The van der Waals surface area contributed by atoms with Gasteiger partial charge in [-0.3, -0.25) is 4.90 Å². The predicted octanol–water partition coefficient (Wildman–Crippen LogP) is 6.25. The lowest BCUT2D eigenvalue weighted by molar-refractivity contribution is 0.0539. The van der Waals surface area contributed by atoms with Crippen molar-refractivity contribution in [3.8, 4) is 11.1 Å². The Balaban J connectivity index is 1.23. The van der Waals surface area contributed by atoms with Crippen LogP contribution in [0.1, 0.15) is 59.7 Å². The average molecular weight is 441 g/mol. The van der Waals surface area contributed by atoms with E-state index in [1.165, 1.54) is 27.8 Å². The van der Waals surface area contributed by atoms with E-state index in [0.717, 1.165) is 42.7 Å². The molecule has 1 saturated heterocycles. The number of aryl methyl sites for hydroxylation is 2. The van der Waals surface area contributed by atoms with Gasteiger partial charge in [0.2, 0.25) is 0 Å². The summed E-state index contributed by atoms with van der Waals surface area (Å²) in [5.41, 5.74) is 8.26. The molecule has 1 fully saturated rings. The summed E-state index contributed by atoms with van der Waals surface area (Å²) < 4.78 is 11.4. The highest BCUT2D eigenvalue weighted by Crippen LogP contribution is 2.45. The molecular formula is C28H28N2O3. The molecular weight excluding hydrogens is 412 g/mol. The third-order valence-corrected chi connectivity index (χ3v) is 7.54. The van der Waals surface area contributed by atoms with Gasteiger partial charge in [-0.2, -0.15) is 0 Å². The largest absolute Gasteiger partial charge is 0.448 e. The molecule has 0 spiro atoms. The zero-order chi connectivity index (χ0) is 22.5. The van der Waals surface area contributed by atoms with Crippen LogP contribution in [0.3, 0.4) is 0 Å². The molecule has 3 heterocycles. The minimum atomic E-state index is -0.194. The van der Waals surface area contributed by atoms with Crippen LogP contribution in [0, 0.1) is 13.8 Å². The Morgan fingerprint density at radius 2 is 1.76 bits per heavy atom. The molecule has 1 aliphatic carbocycles. The Hall–Kier alpha value is -3.34. The molecule has 6 rings (SSSR count). The first kappa shape index (κ1) is 20.3. The van der Waals surface area contributed by atoms with Crippen LogP contribution < -0.4 is 0 Å². The van der Waals surface area contributed by atoms with Crippen molar-refractivity contribution in [1.82, 2.24) is 10.1 Å². The van der Waals surface area contributed by atoms with Crippen LogP contribution >= 0.6 is 0 Å². The van der Waals surface area contributed by atoms with Gasteiger partial charge >= 0.3 is 6.09 Å². The number of rotatable bonds is 3. The molecule has 3 aromatic rings. The SMILES string of the molecule is Cc1noc(C)c1C1=CC2CCCC(C1)N2C(=O)OCC1c2ccccc2-c2ccccc21. The van der Waals surface area contributed by atoms with Crippen molar-refractivity contribution in [2.75, 3.05) is 6.61 Å². The number of benzene rings is 2. The van der Waals surface area contributed by atoms with Crippen LogP contribution in [0.4, 0.5) is 4.79 Å². The van der Waals surface area contributed by atoms with E-state index >= 15 is 0 Å². The topological polar surface area (TPSA) is 55.6 Å². The monoisotopic (exact) mass is 440 g/mol. The zero-order valence-electron chi connectivity index (χ0n) is 19.1. The number of piperidine rings is 1. The smallest absolute Gasteiger partial charge is 0.410 e. The summed E-state index contributed by atoms with van der Waals surface area (Å²) in [5, 5.41) is 4.13. The fourth-order valence-electron chi connectivity index (χ4n) is 6.11. The highest BCUT2D eigenvalue weighted by molar-refractivity contribution is 5.79. The van der Waals surface area contributed by atoms with E-state index in [1.807, 2.05) is 18.7 Å². The first-order chi connectivity index (χ1) is 16.1. The summed E-state index contributed by atoms with van der Waals surface area (Å²) in [6.45, 7) is 4.31. The molecule has 5 nitrogen and oxygen atoms in total. The molecule has 1 aromatic heterocycles. The second-order valence-corrected chi connectivity index (χ2v) is 9.46. The lowest BCUT2D eigenvalue weighted by Gasteiger charge is -2.44. The van der Waals surface area contributed by atoms with E-state index in [4.69, 9.17) is 9.26 Å². The molecule has 33 heavy (non-hydrogen) atoms. The Kier molecular flexibility index (Phi) is 4.86. The van der Waals surface area contributed by atoms with Crippen LogP contribution in [0.25, 0.3) is 16.7 Å².